The van der Waals surface area contributed by atoms with Gasteiger partial charge in [-0.2, -0.15) is 11.8 Å². The van der Waals surface area contributed by atoms with Gasteiger partial charge in [0.15, 0.2) is 0 Å². The standard InChI is InChI=1S/C17H19N3O2S.2ClH/c21-16(11-14-12-23-9-8-18-14)20-13-4-3-5-15(10-13)22-17-6-1-2-7-19-17;;/h1-7,10,14,18H,8-9,11-12H2,(H,20,21);2*1H. The first-order chi connectivity index (χ1) is 11.3. The lowest BCUT2D eigenvalue weighted by atomic mass is 10.2. The van der Waals surface area contributed by atoms with Crippen molar-refractivity contribution in [1.82, 2.24) is 10.3 Å². The van der Waals surface area contributed by atoms with Crippen molar-refractivity contribution in [1.29, 1.82) is 0 Å². The number of carbonyl (C=O) groups is 1. The summed E-state index contributed by atoms with van der Waals surface area (Å²) in [6.07, 6.45) is 2.16. The van der Waals surface area contributed by atoms with E-state index in [1.54, 1.807) is 18.3 Å². The quantitative estimate of drug-likeness (QED) is 0.798. The molecule has 1 unspecified atom stereocenters. The van der Waals surface area contributed by atoms with Crippen molar-refractivity contribution in [3.63, 3.8) is 0 Å². The lowest BCUT2D eigenvalue weighted by Gasteiger charge is -2.22. The van der Waals surface area contributed by atoms with Gasteiger partial charge in [0.05, 0.1) is 0 Å². The molecule has 0 bridgehead atoms. The molecule has 1 aromatic heterocycles. The average molecular weight is 402 g/mol. The van der Waals surface area contributed by atoms with Crippen molar-refractivity contribution in [3.8, 4) is 11.6 Å². The van der Waals surface area contributed by atoms with Crippen LogP contribution in [0.2, 0.25) is 0 Å². The van der Waals surface area contributed by atoms with Crippen LogP contribution in [0.25, 0.3) is 0 Å². The molecule has 2 heterocycles. The van der Waals surface area contributed by atoms with Gasteiger partial charge in [0.25, 0.3) is 0 Å². The van der Waals surface area contributed by atoms with Gasteiger partial charge in [-0.3, -0.25) is 4.79 Å². The third-order valence-electron chi connectivity index (χ3n) is 3.41. The molecule has 0 radical (unpaired) electrons. The number of nitrogens with one attached hydrogen (secondary N) is 2. The van der Waals surface area contributed by atoms with E-state index in [-0.39, 0.29) is 36.8 Å². The van der Waals surface area contributed by atoms with E-state index in [1.807, 2.05) is 42.1 Å². The van der Waals surface area contributed by atoms with Gasteiger partial charge >= 0.3 is 0 Å². The molecular formula is C17H21Cl2N3O2S. The van der Waals surface area contributed by atoms with E-state index < -0.39 is 0 Å². The first-order valence-electron chi connectivity index (χ1n) is 7.59. The zero-order valence-electron chi connectivity index (χ0n) is 13.5. The molecule has 8 heteroatoms. The zero-order valence-corrected chi connectivity index (χ0v) is 16.0. The van der Waals surface area contributed by atoms with Crippen LogP contribution in [-0.2, 0) is 4.79 Å². The predicted octanol–water partition coefficient (Wildman–Crippen LogP) is 3.75. The van der Waals surface area contributed by atoms with Crippen LogP contribution in [0, 0.1) is 0 Å². The normalized spacial score (nSPS) is 16.1. The molecule has 2 aromatic rings. The molecule has 5 nitrogen and oxygen atoms in total. The van der Waals surface area contributed by atoms with Crippen LogP contribution in [0.5, 0.6) is 11.6 Å². The highest BCUT2D eigenvalue weighted by Crippen LogP contribution is 2.22. The number of carbonyl (C=O) groups excluding carboxylic acids is 1. The van der Waals surface area contributed by atoms with E-state index in [4.69, 9.17) is 4.74 Å². The molecule has 1 aromatic carbocycles. The number of hydrogen-bond acceptors (Lipinski definition) is 5. The Morgan fingerprint density at radius 2 is 2.16 bits per heavy atom. The number of amides is 1. The van der Waals surface area contributed by atoms with Crippen molar-refractivity contribution in [2.45, 2.75) is 12.5 Å². The highest BCUT2D eigenvalue weighted by molar-refractivity contribution is 7.99. The Kier molecular flexibility index (Phi) is 9.67. The summed E-state index contributed by atoms with van der Waals surface area (Å²) in [7, 11) is 0. The minimum Gasteiger partial charge on any atom is -0.439 e. The van der Waals surface area contributed by atoms with E-state index in [2.05, 4.69) is 15.6 Å². The number of aromatic nitrogens is 1. The third-order valence-corrected chi connectivity index (χ3v) is 4.54. The van der Waals surface area contributed by atoms with Crippen LogP contribution in [-0.4, -0.2) is 35.0 Å². The third kappa shape index (κ3) is 7.12. The molecular weight excluding hydrogens is 381 g/mol. The maximum Gasteiger partial charge on any atom is 0.225 e. The molecule has 0 aliphatic carbocycles. The van der Waals surface area contributed by atoms with Gasteiger partial charge in [-0.05, 0) is 18.2 Å². The van der Waals surface area contributed by atoms with Crippen LogP contribution in [0.4, 0.5) is 5.69 Å². The van der Waals surface area contributed by atoms with Crippen LogP contribution < -0.4 is 15.4 Å². The molecule has 1 atom stereocenters. The van der Waals surface area contributed by atoms with Crippen LogP contribution in [0.3, 0.4) is 0 Å². The summed E-state index contributed by atoms with van der Waals surface area (Å²) in [6, 6.07) is 13.1. The number of ether oxygens (including phenoxy) is 1. The second-order valence-corrected chi connectivity index (χ2v) is 6.43. The smallest absolute Gasteiger partial charge is 0.225 e. The molecule has 1 amide bonds. The summed E-state index contributed by atoms with van der Waals surface area (Å²) in [4.78, 5) is 16.3. The van der Waals surface area contributed by atoms with E-state index in [0.717, 1.165) is 23.7 Å². The van der Waals surface area contributed by atoms with Crippen LogP contribution >= 0.6 is 36.6 Å². The van der Waals surface area contributed by atoms with Crippen LogP contribution in [0.15, 0.2) is 48.7 Å². The van der Waals surface area contributed by atoms with Gasteiger partial charge in [0.2, 0.25) is 11.8 Å². The average Bonchev–Trinajstić information content (AvgIpc) is 2.57. The van der Waals surface area contributed by atoms with Gasteiger partial charge in [0, 0.05) is 54.5 Å². The topological polar surface area (TPSA) is 63.2 Å². The van der Waals surface area contributed by atoms with Crippen molar-refractivity contribution >= 4 is 48.2 Å². The van der Waals surface area contributed by atoms with Gasteiger partial charge in [0.1, 0.15) is 5.75 Å². The Morgan fingerprint density at radius 1 is 1.28 bits per heavy atom. The summed E-state index contributed by atoms with van der Waals surface area (Å²) < 4.78 is 5.67. The Morgan fingerprint density at radius 3 is 2.88 bits per heavy atom. The number of thioether (sulfide) groups is 1. The molecule has 3 rings (SSSR count). The minimum atomic E-state index is 0. The number of benzene rings is 1. The summed E-state index contributed by atoms with van der Waals surface area (Å²) >= 11 is 1.89. The second-order valence-electron chi connectivity index (χ2n) is 5.28. The molecule has 1 saturated heterocycles. The second kappa shape index (κ2) is 11.2. The van der Waals surface area contributed by atoms with Crippen LogP contribution in [0.1, 0.15) is 6.42 Å². The summed E-state index contributed by atoms with van der Waals surface area (Å²) in [5.74, 6) is 3.29. The molecule has 1 fully saturated rings. The molecule has 0 saturated carbocycles. The number of rotatable bonds is 5. The van der Waals surface area contributed by atoms with E-state index in [9.17, 15) is 4.79 Å². The summed E-state index contributed by atoms with van der Waals surface area (Å²) in [5, 5.41) is 6.29. The monoisotopic (exact) mass is 401 g/mol. The van der Waals surface area contributed by atoms with Gasteiger partial charge < -0.3 is 15.4 Å². The molecule has 1 aliphatic rings. The molecule has 25 heavy (non-hydrogen) atoms. The molecule has 136 valence electrons. The lowest BCUT2D eigenvalue weighted by molar-refractivity contribution is -0.116. The summed E-state index contributed by atoms with van der Waals surface area (Å²) in [6.45, 7) is 0.968. The Bertz CT molecular complexity index is 655. The fourth-order valence-electron chi connectivity index (χ4n) is 2.35. The van der Waals surface area contributed by atoms with Crippen molar-refractivity contribution in [3.05, 3.63) is 48.7 Å². The number of anilines is 1. The number of nitrogens with zero attached hydrogens (tertiary/aromatic N) is 1. The SMILES string of the molecule is Cl.Cl.O=C(CC1CSCCN1)Nc1cccc(Oc2ccccn2)c1. The zero-order chi connectivity index (χ0) is 15.9. The predicted molar refractivity (Wildman–Crippen MR) is 108 cm³/mol. The molecule has 1 aliphatic heterocycles. The lowest BCUT2D eigenvalue weighted by Crippen LogP contribution is -2.39. The molecule has 0 spiro atoms. The van der Waals surface area contributed by atoms with Gasteiger partial charge in [-0.15, -0.1) is 24.8 Å². The number of hydrogen-bond donors (Lipinski definition) is 2. The maximum atomic E-state index is 12.1. The Hall–Kier alpha value is -1.47. The van der Waals surface area contributed by atoms with Crippen molar-refractivity contribution < 1.29 is 9.53 Å². The number of halogens is 2. The Labute approximate surface area is 164 Å². The Balaban J connectivity index is 0.00000156. The molecule has 2 N–H and O–H groups in total. The highest BCUT2D eigenvalue weighted by atomic mass is 35.5. The largest absolute Gasteiger partial charge is 0.439 e. The minimum absolute atomic E-state index is 0. The fourth-order valence-corrected chi connectivity index (χ4v) is 3.30. The van der Waals surface area contributed by atoms with Gasteiger partial charge in [-0.1, -0.05) is 12.1 Å². The van der Waals surface area contributed by atoms with Crippen molar-refractivity contribution in [2.75, 3.05) is 23.4 Å². The highest BCUT2D eigenvalue weighted by Gasteiger charge is 2.16. The number of pyridine rings is 1. The maximum absolute atomic E-state index is 12.1. The van der Waals surface area contributed by atoms with E-state index in [0.29, 0.717) is 18.1 Å². The van der Waals surface area contributed by atoms with Gasteiger partial charge in [-0.25, -0.2) is 4.98 Å². The fraction of sp³-hybridized carbons (Fsp3) is 0.294. The first-order valence-corrected chi connectivity index (χ1v) is 8.75. The van der Waals surface area contributed by atoms with Crippen molar-refractivity contribution in [2.24, 2.45) is 0 Å². The van der Waals surface area contributed by atoms with E-state index in [1.165, 1.54) is 0 Å². The summed E-state index contributed by atoms with van der Waals surface area (Å²) in [5.41, 5.74) is 0.729. The first kappa shape index (κ1) is 21.6. The van der Waals surface area contributed by atoms with E-state index >= 15 is 0 Å².